The number of hydrogen-bond acceptors (Lipinski definition) is 6. The van der Waals surface area contributed by atoms with Crippen LogP contribution in [0.4, 0.5) is 4.79 Å². The minimum absolute atomic E-state index is 0.0884. The average molecular weight is 327 g/mol. The van der Waals surface area contributed by atoms with E-state index in [1.165, 1.54) is 0 Å². The summed E-state index contributed by atoms with van der Waals surface area (Å²) in [5.74, 6) is -1.50. The van der Waals surface area contributed by atoms with Crippen LogP contribution in [0.3, 0.4) is 0 Å². The Labute approximate surface area is 136 Å². The van der Waals surface area contributed by atoms with Gasteiger partial charge in [0.05, 0.1) is 0 Å². The molecule has 1 fully saturated rings. The van der Waals surface area contributed by atoms with Gasteiger partial charge in [0.15, 0.2) is 11.6 Å². The molecule has 0 aromatic carbocycles. The summed E-state index contributed by atoms with van der Waals surface area (Å²) in [4.78, 5) is 47.2. The average Bonchev–Trinajstić information content (AvgIpc) is 2.66. The van der Waals surface area contributed by atoms with Gasteiger partial charge in [0.2, 0.25) is 6.10 Å². The third kappa shape index (κ3) is 6.38. The first-order chi connectivity index (χ1) is 10.5. The van der Waals surface area contributed by atoms with E-state index in [1.54, 1.807) is 20.8 Å². The second-order valence-corrected chi connectivity index (χ2v) is 7.08. The topological polar surface area (TPSA) is 98.8 Å². The molecule has 0 heterocycles. The maximum atomic E-state index is 12.2. The highest BCUT2D eigenvalue weighted by atomic mass is 16.6. The van der Waals surface area contributed by atoms with Crippen LogP contribution in [0.1, 0.15) is 53.9 Å². The second-order valence-electron chi connectivity index (χ2n) is 7.08. The van der Waals surface area contributed by atoms with Crippen molar-refractivity contribution in [1.29, 1.82) is 0 Å². The van der Waals surface area contributed by atoms with Gasteiger partial charge in [0.1, 0.15) is 11.6 Å². The lowest BCUT2D eigenvalue weighted by atomic mass is 10.0. The first-order valence-electron chi connectivity index (χ1n) is 7.75. The number of Topliss-reactive ketones (excluding diaryl/α,β-unsaturated/α-hetero) is 2. The van der Waals surface area contributed by atoms with Gasteiger partial charge in [0.25, 0.3) is 0 Å². The van der Waals surface area contributed by atoms with Gasteiger partial charge in [-0.3, -0.25) is 9.59 Å². The molecule has 1 atom stereocenters. The number of alkyl carbamates (subject to hydrolysis) is 1. The molecule has 1 aliphatic rings. The van der Waals surface area contributed by atoms with Crippen LogP contribution in [-0.4, -0.2) is 41.4 Å². The van der Waals surface area contributed by atoms with E-state index in [2.05, 4.69) is 5.32 Å². The zero-order valence-electron chi connectivity index (χ0n) is 14.3. The minimum atomic E-state index is -1.34. The Balaban J connectivity index is 2.72. The smallest absolute Gasteiger partial charge is 0.408 e. The van der Waals surface area contributed by atoms with E-state index in [0.717, 1.165) is 0 Å². The van der Waals surface area contributed by atoms with E-state index >= 15 is 0 Å². The van der Waals surface area contributed by atoms with E-state index in [1.807, 2.05) is 13.8 Å². The Morgan fingerprint density at radius 1 is 1.17 bits per heavy atom. The third-order valence-corrected chi connectivity index (χ3v) is 3.12. The number of amides is 1. The Kier molecular flexibility index (Phi) is 6.29. The second kappa shape index (κ2) is 7.57. The molecule has 0 radical (unpaired) electrons. The van der Waals surface area contributed by atoms with Crippen molar-refractivity contribution >= 4 is 23.6 Å². The van der Waals surface area contributed by atoms with Crippen molar-refractivity contribution in [3.8, 4) is 0 Å². The molecule has 0 aliphatic heterocycles. The lowest BCUT2D eigenvalue weighted by Gasteiger charge is -2.24. The van der Waals surface area contributed by atoms with Crippen LogP contribution < -0.4 is 5.32 Å². The summed E-state index contributed by atoms with van der Waals surface area (Å²) < 4.78 is 10.1. The number of nitrogens with one attached hydrogen (secondary N) is 1. The van der Waals surface area contributed by atoms with E-state index in [-0.39, 0.29) is 18.8 Å². The fraction of sp³-hybridized carbons (Fsp3) is 0.750. The number of ketones is 2. The van der Waals surface area contributed by atoms with Gasteiger partial charge in [-0.2, -0.15) is 0 Å². The van der Waals surface area contributed by atoms with Crippen LogP contribution in [0.25, 0.3) is 0 Å². The predicted molar refractivity (Wildman–Crippen MR) is 81.7 cm³/mol. The predicted octanol–water partition coefficient (Wildman–Crippen LogP) is 1.77. The Morgan fingerprint density at radius 2 is 1.70 bits per heavy atom. The van der Waals surface area contributed by atoms with Crippen molar-refractivity contribution in [1.82, 2.24) is 5.32 Å². The van der Waals surface area contributed by atoms with Crippen molar-refractivity contribution in [2.24, 2.45) is 5.92 Å². The number of hydrogen-bond donors (Lipinski definition) is 1. The Hall–Kier alpha value is -1.92. The van der Waals surface area contributed by atoms with Crippen LogP contribution >= 0.6 is 0 Å². The van der Waals surface area contributed by atoms with Gasteiger partial charge >= 0.3 is 12.1 Å². The highest BCUT2D eigenvalue weighted by Gasteiger charge is 2.38. The van der Waals surface area contributed by atoms with Crippen molar-refractivity contribution in [2.75, 3.05) is 0 Å². The zero-order chi connectivity index (χ0) is 17.8. The van der Waals surface area contributed by atoms with Crippen LogP contribution in [-0.2, 0) is 23.9 Å². The fourth-order valence-electron chi connectivity index (χ4n) is 2.15. The fourth-order valence-corrected chi connectivity index (χ4v) is 2.15. The lowest BCUT2D eigenvalue weighted by molar-refractivity contribution is -0.159. The number of esters is 1. The number of ether oxygens (including phenoxy) is 2. The van der Waals surface area contributed by atoms with Crippen LogP contribution in [0.5, 0.6) is 0 Å². The molecule has 130 valence electrons. The molecule has 0 aromatic rings. The minimum Gasteiger partial charge on any atom is -0.445 e. The molecule has 1 unspecified atom stereocenters. The molecule has 1 N–H and O–H groups in total. The van der Waals surface area contributed by atoms with Crippen molar-refractivity contribution < 1.29 is 28.7 Å². The molecule has 0 aromatic heterocycles. The number of carbonyl (C=O) groups excluding carboxylic acids is 4. The summed E-state index contributed by atoms with van der Waals surface area (Å²) in [6.45, 7) is 8.88. The zero-order valence-corrected chi connectivity index (χ0v) is 14.3. The number of carbonyl (C=O) groups is 4. The maximum absolute atomic E-state index is 12.2. The van der Waals surface area contributed by atoms with Gasteiger partial charge in [0, 0.05) is 12.8 Å². The summed E-state index contributed by atoms with van der Waals surface area (Å²) in [5.41, 5.74) is -0.701. The summed E-state index contributed by atoms with van der Waals surface area (Å²) in [5, 5.41) is 2.45. The quantitative estimate of drug-likeness (QED) is 0.610. The van der Waals surface area contributed by atoms with Gasteiger partial charge in [-0.25, -0.2) is 9.59 Å². The van der Waals surface area contributed by atoms with Gasteiger partial charge in [-0.1, -0.05) is 13.8 Å². The van der Waals surface area contributed by atoms with Crippen LogP contribution in [0, 0.1) is 5.92 Å². The summed E-state index contributed by atoms with van der Waals surface area (Å²) in [6.07, 6.45) is -1.59. The highest BCUT2D eigenvalue weighted by Crippen LogP contribution is 2.17. The van der Waals surface area contributed by atoms with E-state index in [9.17, 15) is 19.2 Å². The maximum Gasteiger partial charge on any atom is 0.408 e. The van der Waals surface area contributed by atoms with Crippen LogP contribution in [0.2, 0.25) is 0 Å². The molecule has 0 bridgehead atoms. The van der Waals surface area contributed by atoms with Crippen molar-refractivity contribution in [2.45, 2.75) is 71.6 Å². The third-order valence-electron chi connectivity index (χ3n) is 3.12. The molecule has 1 rings (SSSR count). The summed E-state index contributed by atoms with van der Waals surface area (Å²) >= 11 is 0. The molecule has 0 spiro atoms. The van der Waals surface area contributed by atoms with Gasteiger partial charge < -0.3 is 14.8 Å². The molecule has 0 saturated heterocycles. The molecule has 1 aliphatic carbocycles. The molecule has 1 amide bonds. The van der Waals surface area contributed by atoms with Crippen molar-refractivity contribution in [3.05, 3.63) is 0 Å². The molecule has 1 saturated carbocycles. The number of rotatable bonds is 5. The molecule has 7 nitrogen and oxygen atoms in total. The van der Waals surface area contributed by atoms with E-state index in [0.29, 0.717) is 6.42 Å². The molecular weight excluding hydrogens is 302 g/mol. The molecule has 7 heteroatoms. The summed E-state index contributed by atoms with van der Waals surface area (Å²) in [7, 11) is 0. The normalized spacial score (nSPS) is 17.3. The largest absolute Gasteiger partial charge is 0.445 e. The SMILES string of the molecule is CC(C)CC(NC(=O)OC(C)(C)C)C(=O)OC1C(=O)CCC1=O. The monoisotopic (exact) mass is 327 g/mol. The Bertz CT molecular complexity index is 475. The first-order valence-corrected chi connectivity index (χ1v) is 7.75. The van der Waals surface area contributed by atoms with E-state index in [4.69, 9.17) is 9.47 Å². The lowest BCUT2D eigenvalue weighted by Crippen LogP contribution is -2.46. The first kappa shape index (κ1) is 19.1. The summed E-state index contributed by atoms with van der Waals surface area (Å²) in [6, 6.07) is -0.967. The highest BCUT2D eigenvalue weighted by molar-refractivity contribution is 6.12. The van der Waals surface area contributed by atoms with Gasteiger partial charge in [-0.15, -0.1) is 0 Å². The van der Waals surface area contributed by atoms with Crippen molar-refractivity contribution in [3.63, 3.8) is 0 Å². The van der Waals surface area contributed by atoms with E-state index < -0.39 is 41.4 Å². The van der Waals surface area contributed by atoms with Crippen LogP contribution in [0.15, 0.2) is 0 Å². The standard InChI is InChI=1S/C16H25NO6/c1-9(2)8-10(17-15(21)23-16(3,4)5)14(20)22-13-11(18)6-7-12(13)19/h9-10,13H,6-8H2,1-5H3,(H,17,21). The molecule has 23 heavy (non-hydrogen) atoms. The van der Waals surface area contributed by atoms with Gasteiger partial charge in [-0.05, 0) is 33.1 Å². The molecular formula is C16H25NO6. The Morgan fingerprint density at radius 3 is 2.13 bits per heavy atom.